The smallest absolute Gasteiger partial charge is 0.270 e. The second-order valence-electron chi connectivity index (χ2n) is 4.53. The molecule has 1 amide bonds. The molecule has 0 aliphatic heterocycles. The summed E-state index contributed by atoms with van der Waals surface area (Å²) >= 11 is 0. The molecule has 19 heavy (non-hydrogen) atoms. The van der Waals surface area contributed by atoms with Gasteiger partial charge in [0.15, 0.2) is 0 Å². The first-order valence-corrected chi connectivity index (χ1v) is 6.26. The average molecular weight is 254 g/mol. The molecular weight excluding hydrogens is 240 g/mol. The first-order chi connectivity index (χ1) is 9.31. The third-order valence-electron chi connectivity index (χ3n) is 2.86. The predicted octanol–water partition coefficient (Wildman–Crippen LogP) is 2.11. The van der Waals surface area contributed by atoms with Crippen LogP contribution in [0.5, 0.6) is 0 Å². The lowest BCUT2D eigenvalue weighted by Gasteiger charge is -2.06. The molecule has 1 aromatic carbocycles. The van der Waals surface area contributed by atoms with Crippen molar-refractivity contribution < 1.29 is 4.79 Å². The van der Waals surface area contributed by atoms with Gasteiger partial charge in [-0.1, -0.05) is 18.2 Å². The van der Waals surface area contributed by atoms with Crippen LogP contribution in [-0.4, -0.2) is 21.9 Å². The van der Waals surface area contributed by atoms with Gasteiger partial charge in [0.05, 0.1) is 0 Å². The Morgan fingerprint density at radius 1 is 1.16 bits per heavy atom. The fraction of sp³-hybridized carbons (Fsp3) is 0.214. The van der Waals surface area contributed by atoms with Crippen molar-refractivity contribution in [1.82, 2.24) is 15.3 Å². The number of amides is 1. The van der Waals surface area contributed by atoms with Gasteiger partial charge in [0.2, 0.25) is 0 Å². The van der Waals surface area contributed by atoms with Crippen LogP contribution in [-0.2, 0) is 0 Å². The van der Waals surface area contributed by atoms with Gasteiger partial charge in [0.1, 0.15) is 17.8 Å². The van der Waals surface area contributed by atoms with E-state index >= 15 is 0 Å². The SMILES string of the molecule is O=C(NC1CC1)c1cc(Nc2ccccc2)ncn1. The summed E-state index contributed by atoms with van der Waals surface area (Å²) in [5.41, 5.74) is 1.31. The van der Waals surface area contributed by atoms with E-state index in [0.29, 0.717) is 17.6 Å². The molecule has 5 heteroatoms. The van der Waals surface area contributed by atoms with Crippen LogP contribution < -0.4 is 10.6 Å². The molecule has 0 spiro atoms. The number of hydrogen-bond donors (Lipinski definition) is 2. The predicted molar refractivity (Wildman–Crippen MR) is 72.2 cm³/mol. The molecular formula is C14H14N4O. The van der Waals surface area contributed by atoms with Gasteiger partial charge in [-0.25, -0.2) is 9.97 Å². The van der Waals surface area contributed by atoms with Crippen molar-refractivity contribution in [3.63, 3.8) is 0 Å². The van der Waals surface area contributed by atoms with Gasteiger partial charge in [-0.2, -0.15) is 0 Å². The van der Waals surface area contributed by atoms with Gasteiger partial charge in [-0.15, -0.1) is 0 Å². The molecule has 0 saturated heterocycles. The van der Waals surface area contributed by atoms with Crippen molar-refractivity contribution in [3.05, 3.63) is 48.4 Å². The maximum atomic E-state index is 11.9. The third-order valence-corrected chi connectivity index (χ3v) is 2.86. The van der Waals surface area contributed by atoms with Crippen LogP contribution >= 0.6 is 0 Å². The van der Waals surface area contributed by atoms with Crippen LogP contribution in [0.15, 0.2) is 42.7 Å². The molecule has 0 radical (unpaired) electrons. The summed E-state index contributed by atoms with van der Waals surface area (Å²) in [6.45, 7) is 0. The summed E-state index contributed by atoms with van der Waals surface area (Å²) in [6, 6.07) is 11.7. The van der Waals surface area contributed by atoms with Crippen molar-refractivity contribution in [1.29, 1.82) is 0 Å². The highest BCUT2D eigenvalue weighted by Gasteiger charge is 2.24. The summed E-state index contributed by atoms with van der Waals surface area (Å²) in [6.07, 6.45) is 3.52. The first-order valence-electron chi connectivity index (χ1n) is 6.26. The lowest BCUT2D eigenvalue weighted by atomic mass is 10.3. The van der Waals surface area contributed by atoms with Crippen molar-refractivity contribution in [3.8, 4) is 0 Å². The molecule has 2 N–H and O–H groups in total. The van der Waals surface area contributed by atoms with Crippen molar-refractivity contribution in [2.45, 2.75) is 18.9 Å². The van der Waals surface area contributed by atoms with Gasteiger partial charge in [0.25, 0.3) is 5.91 Å². The monoisotopic (exact) mass is 254 g/mol. The van der Waals surface area contributed by atoms with Crippen LogP contribution in [0.4, 0.5) is 11.5 Å². The van der Waals surface area contributed by atoms with Crippen molar-refractivity contribution >= 4 is 17.4 Å². The molecule has 0 bridgehead atoms. The molecule has 0 unspecified atom stereocenters. The van der Waals surface area contributed by atoms with E-state index in [1.807, 2.05) is 30.3 Å². The maximum absolute atomic E-state index is 11.9. The van der Waals surface area contributed by atoms with E-state index in [0.717, 1.165) is 18.5 Å². The van der Waals surface area contributed by atoms with Crippen molar-refractivity contribution in [2.75, 3.05) is 5.32 Å². The number of benzene rings is 1. The van der Waals surface area contributed by atoms with Crippen LogP contribution in [0.2, 0.25) is 0 Å². The molecule has 0 atom stereocenters. The van der Waals surface area contributed by atoms with Gasteiger partial charge < -0.3 is 10.6 Å². The Morgan fingerprint density at radius 3 is 2.68 bits per heavy atom. The molecule has 5 nitrogen and oxygen atoms in total. The fourth-order valence-electron chi connectivity index (χ4n) is 1.71. The van der Waals surface area contributed by atoms with Gasteiger partial charge in [-0.05, 0) is 25.0 Å². The quantitative estimate of drug-likeness (QED) is 0.877. The topological polar surface area (TPSA) is 66.9 Å². The van der Waals surface area contributed by atoms with E-state index in [4.69, 9.17) is 0 Å². The summed E-state index contributed by atoms with van der Waals surface area (Å²) < 4.78 is 0. The largest absolute Gasteiger partial charge is 0.348 e. The minimum Gasteiger partial charge on any atom is -0.348 e. The number of carbonyl (C=O) groups excluding carboxylic acids is 1. The number of aromatic nitrogens is 2. The van der Waals surface area contributed by atoms with Gasteiger partial charge >= 0.3 is 0 Å². The highest BCUT2D eigenvalue weighted by molar-refractivity contribution is 5.93. The summed E-state index contributed by atoms with van der Waals surface area (Å²) in [7, 11) is 0. The van der Waals surface area contributed by atoms with Crippen LogP contribution in [0.1, 0.15) is 23.3 Å². The van der Waals surface area contributed by atoms with E-state index < -0.39 is 0 Å². The third kappa shape index (κ3) is 3.07. The Labute approximate surface area is 111 Å². The van der Waals surface area contributed by atoms with E-state index in [9.17, 15) is 4.79 Å². The standard InChI is InChI=1S/C14H14N4O/c19-14(18-11-6-7-11)12-8-13(16-9-15-12)17-10-4-2-1-3-5-10/h1-5,8-9,11H,6-7H2,(H,18,19)(H,15,16,17). The zero-order chi connectivity index (χ0) is 13.1. The Balaban J connectivity index is 1.73. The maximum Gasteiger partial charge on any atom is 0.270 e. The van der Waals surface area contributed by atoms with E-state index in [1.165, 1.54) is 6.33 Å². The normalized spacial score (nSPS) is 13.9. The number of para-hydroxylation sites is 1. The van der Waals surface area contributed by atoms with Gasteiger partial charge in [-0.3, -0.25) is 4.79 Å². The number of anilines is 2. The highest BCUT2D eigenvalue weighted by atomic mass is 16.2. The molecule has 1 heterocycles. The first kappa shape index (κ1) is 11.6. The van der Waals surface area contributed by atoms with E-state index in [-0.39, 0.29) is 5.91 Å². The highest BCUT2D eigenvalue weighted by Crippen LogP contribution is 2.19. The average Bonchev–Trinajstić information content (AvgIpc) is 3.24. The zero-order valence-electron chi connectivity index (χ0n) is 10.3. The number of hydrogen-bond acceptors (Lipinski definition) is 4. The molecule has 96 valence electrons. The number of nitrogens with zero attached hydrogens (tertiary/aromatic N) is 2. The zero-order valence-corrected chi connectivity index (χ0v) is 10.3. The van der Waals surface area contributed by atoms with Crippen LogP contribution in [0, 0.1) is 0 Å². The van der Waals surface area contributed by atoms with Gasteiger partial charge in [0, 0.05) is 17.8 Å². The minimum absolute atomic E-state index is 0.138. The molecule has 1 aromatic heterocycles. The Hall–Kier alpha value is -2.43. The second kappa shape index (κ2) is 5.06. The van der Waals surface area contributed by atoms with E-state index in [2.05, 4.69) is 20.6 Å². The minimum atomic E-state index is -0.138. The Kier molecular flexibility index (Phi) is 3.10. The second-order valence-corrected chi connectivity index (χ2v) is 4.53. The molecule has 1 aliphatic carbocycles. The Morgan fingerprint density at radius 2 is 1.95 bits per heavy atom. The molecule has 1 aliphatic rings. The Bertz CT molecular complexity index is 581. The number of nitrogens with one attached hydrogen (secondary N) is 2. The van der Waals surface area contributed by atoms with E-state index in [1.54, 1.807) is 6.07 Å². The number of rotatable bonds is 4. The molecule has 3 rings (SSSR count). The van der Waals surface area contributed by atoms with Crippen LogP contribution in [0.25, 0.3) is 0 Å². The molecule has 2 aromatic rings. The summed E-state index contributed by atoms with van der Waals surface area (Å²) in [4.78, 5) is 20.0. The lowest BCUT2D eigenvalue weighted by molar-refractivity contribution is 0.0946. The fourth-order valence-corrected chi connectivity index (χ4v) is 1.71. The lowest BCUT2D eigenvalue weighted by Crippen LogP contribution is -2.26. The summed E-state index contributed by atoms with van der Waals surface area (Å²) in [5, 5.41) is 6.04. The molecule has 1 fully saturated rings. The van der Waals surface area contributed by atoms with Crippen molar-refractivity contribution in [2.24, 2.45) is 0 Å². The van der Waals surface area contributed by atoms with Crippen LogP contribution in [0.3, 0.4) is 0 Å². The summed E-state index contributed by atoms with van der Waals surface area (Å²) in [5.74, 6) is 0.475. The number of carbonyl (C=O) groups is 1. The molecule has 1 saturated carbocycles.